The molecule has 4 N–H and O–H groups in total. The Morgan fingerprint density at radius 1 is 1.06 bits per heavy atom. The molecule has 0 aliphatic carbocycles. The number of nitrogens with two attached hydrogens (primary N) is 2. The average Bonchev–Trinajstić information content (AvgIpc) is 3.48. The second kappa shape index (κ2) is 14.5. The highest BCUT2D eigenvalue weighted by Crippen LogP contribution is 2.38. The Bertz CT molecular complexity index is 1080. The number of carbonyl (C=O) groups is 1. The SMILES string of the molecule is C1CCOC1.CC.COc1ccc(C(N)=O)c(-c2cc(C(CN)c3ccccc3)ccc2Cl)c1F. The summed E-state index contributed by atoms with van der Waals surface area (Å²) in [6, 6.07) is 17.8. The molecule has 0 bridgehead atoms. The highest BCUT2D eigenvalue weighted by atomic mass is 35.5. The molecule has 0 radical (unpaired) electrons. The third kappa shape index (κ3) is 7.28. The van der Waals surface area contributed by atoms with Crippen LogP contribution in [0.15, 0.2) is 60.7 Å². The van der Waals surface area contributed by atoms with Gasteiger partial charge in [-0.05, 0) is 48.2 Å². The molecule has 1 amide bonds. The predicted molar refractivity (Wildman–Crippen MR) is 141 cm³/mol. The first-order valence-electron chi connectivity index (χ1n) is 11.8. The van der Waals surface area contributed by atoms with E-state index in [1.807, 2.05) is 50.2 Å². The lowest BCUT2D eigenvalue weighted by atomic mass is 9.88. The van der Waals surface area contributed by atoms with Gasteiger partial charge in [0.1, 0.15) is 0 Å². The molecular weight excluding hydrogens is 467 g/mol. The summed E-state index contributed by atoms with van der Waals surface area (Å²) in [5.74, 6) is -1.55. The van der Waals surface area contributed by atoms with E-state index in [2.05, 4.69) is 0 Å². The normalized spacial score (nSPS) is 13.1. The van der Waals surface area contributed by atoms with Crippen molar-refractivity contribution in [1.29, 1.82) is 0 Å². The van der Waals surface area contributed by atoms with E-state index >= 15 is 4.39 Å². The summed E-state index contributed by atoms with van der Waals surface area (Å²) in [7, 11) is 1.35. The Morgan fingerprint density at radius 2 is 1.71 bits per heavy atom. The van der Waals surface area contributed by atoms with Crippen LogP contribution in [0.25, 0.3) is 11.1 Å². The Hall–Kier alpha value is -2.93. The fourth-order valence-corrected chi connectivity index (χ4v) is 4.01. The zero-order valence-electron chi connectivity index (χ0n) is 20.5. The van der Waals surface area contributed by atoms with Crippen molar-refractivity contribution in [3.63, 3.8) is 0 Å². The molecule has 35 heavy (non-hydrogen) atoms. The minimum Gasteiger partial charge on any atom is -0.494 e. The van der Waals surface area contributed by atoms with E-state index in [1.54, 1.807) is 12.1 Å². The molecule has 1 fully saturated rings. The lowest BCUT2D eigenvalue weighted by Gasteiger charge is -2.19. The molecule has 4 rings (SSSR count). The summed E-state index contributed by atoms with van der Waals surface area (Å²) in [5, 5.41) is 0.294. The predicted octanol–water partition coefficient (Wildman–Crippen LogP) is 6.17. The van der Waals surface area contributed by atoms with Crippen LogP contribution in [0.1, 0.15) is 54.1 Å². The van der Waals surface area contributed by atoms with Crippen LogP contribution in [-0.2, 0) is 4.74 Å². The molecule has 1 aliphatic heterocycles. The Labute approximate surface area is 212 Å². The number of rotatable bonds is 6. The number of amides is 1. The van der Waals surface area contributed by atoms with Crippen LogP contribution in [0.3, 0.4) is 0 Å². The number of halogens is 2. The van der Waals surface area contributed by atoms with Crippen molar-refractivity contribution in [2.45, 2.75) is 32.6 Å². The van der Waals surface area contributed by atoms with Crippen molar-refractivity contribution in [2.24, 2.45) is 11.5 Å². The van der Waals surface area contributed by atoms with Crippen LogP contribution in [0.4, 0.5) is 4.39 Å². The molecule has 188 valence electrons. The largest absolute Gasteiger partial charge is 0.494 e. The third-order valence-corrected chi connectivity index (χ3v) is 5.85. The summed E-state index contributed by atoms with van der Waals surface area (Å²) in [6.07, 6.45) is 2.56. The topological polar surface area (TPSA) is 87.6 Å². The van der Waals surface area contributed by atoms with Crippen LogP contribution >= 0.6 is 11.6 Å². The molecule has 0 saturated carbocycles. The van der Waals surface area contributed by atoms with Gasteiger partial charge in [0.15, 0.2) is 11.6 Å². The standard InChI is InChI=1S/C22H20ClFN2O2.C4H8O.C2H6/c1-28-19-10-8-15(22(26)27)20(21(19)24)16-11-14(7-9-18(16)23)17(12-25)13-5-3-2-4-6-13;1-2-4-5-3-1;1-2/h2-11,17H,12,25H2,1H3,(H2,26,27);1-4H2;1-2H3. The average molecular weight is 501 g/mol. The quantitative estimate of drug-likeness (QED) is 0.424. The first-order chi connectivity index (χ1) is 17.0. The Morgan fingerprint density at radius 3 is 2.23 bits per heavy atom. The van der Waals surface area contributed by atoms with Gasteiger partial charge in [-0.15, -0.1) is 0 Å². The van der Waals surface area contributed by atoms with E-state index in [0.29, 0.717) is 17.1 Å². The molecule has 5 nitrogen and oxygen atoms in total. The van der Waals surface area contributed by atoms with Gasteiger partial charge in [-0.25, -0.2) is 4.39 Å². The molecule has 1 heterocycles. The van der Waals surface area contributed by atoms with Gasteiger partial charge < -0.3 is 20.9 Å². The smallest absolute Gasteiger partial charge is 0.249 e. The minimum atomic E-state index is -0.753. The van der Waals surface area contributed by atoms with Crippen LogP contribution in [0.5, 0.6) is 5.75 Å². The number of carbonyl (C=O) groups excluding carboxylic acids is 1. The van der Waals surface area contributed by atoms with E-state index in [1.165, 1.54) is 32.1 Å². The van der Waals surface area contributed by atoms with E-state index in [4.69, 9.17) is 32.5 Å². The number of benzene rings is 3. The van der Waals surface area contributed by atoms with Gasteiger partial charge in [0.25, 0.3) is 0 Å². The molecule has 0 aromatic heterocycles. The fraction of sp³-hybridized carbons (Fsp3) is 0.321. The Balaban J connectivity index is 0.000000538. The van der Waals surface area contributed by atoms with Crippen molar-refractivity contribution in [1.82, 2.24) is 0 Å². The molecular formula is C28H34ClFN2O3. The maximum Gasteiger partial charge on any atom is 0.249 e. The lowest BCUT2D eigenvalue weighted by Crippen LogP contribution is -2.15. The maximum absolute atomic E-state index is 15.1. The van der Waals surface area contributed by atoms with Crippen molar-refractivity contribution in [2.75, 3.05) is 26.9 Å². The van der Waals surface area contributed by atoms with Crippen molar-refractivity contribution >= 4 is 17.5 Å². The summed E-state index contributed by atoms with van der Waals surface area (Å²) >= 11 is 6.38. The summed E-state index contributed by atoms with van der Waals surface area (Å²) < 4.78 is 25.1. The van der Waals surface area contributed by atoms with Gasteiger partial charge in [0.05, 0.1) is 12.7 Å². The second-order valence-corrected chi connectivity index (χ2v) is 8.03. The van der Waals surface area contributed by atoms with Gasteiger partial charge in [-0.2, -0.15) is 0 Å². The van der Waals surface area contributed by atoms with Gasteiger partial charge in [0.2, 0.25) is 5.91 Å². The molecule has 0 spiro atoms. The zero-order chi connectivity index (χ0) is 25.8. The molecule has 1 unspecified atom stereocenters. The molecule has 3 aromatic carbocycles. The highest BCUT2D eigenvalue weighted by molar-refractivity contribution is 6.33. The summed E-state index contributed by atoms with van der Waals surface area (Å²) in [6.45, 7) is 6.36. The van der Waals surface area contributed by atoms with Crippen LogP contribution in [0.2, 0.25) is 5.02 Å². The van der Waals surface area contributed by atoms with Crippen molar-refractivity contribution in [3.8, 4) is 16.9 Å². The van der Waals surface area contributed by atoms with Crippen molar-refractivity contribution < 1.29 is 18.7 Å². The lowest BCUT2D eigenvalue weighted by molar-refractivity contribution is 0.100. The molecule has 7 heteroatoms. The van der Waals surface area contributed by atoms with Crippen LogP contribution in [0, 0.1) is 5.82 Å². The van der Waals surface area contributed by atoms with E-state index in [0.717, 1.165) is 24.3 Å². The monoisotopic (exact) mass is 500 g/mol. The highest BCUT2D eigenvalue weighted by Gasteiger charge is 2.22. The fourth-order valence-electron chi connectivity index (χ4n) is 3.79. The number of ether oxygens (including phenoxy) is 2. The number of hydrogen-bond donors (Lipinski definition) is 2. The first-order valence-corrected chi connectivity index (χ1v) is 12.1. The van der Waals surface area contributed by atoms with Gasteiger partial charge in [-0.3, -0.25) is 4.79 Å². The van der Waals surface area contributed by atoms with Crippen LogP contribution in [-0.4, -0.2) is 32.8 Å². The van der Waals surface area contributed by atoms with Gasteiger partial charge in [-0.1, -0.05) is 61.8 Å². The first kappa shape index (κ1) is 28.3. The number of primary amides is 1. The summed E-state index contributed by atoms with van der Waals surface area (Å²) in [4.78, 5) is 11.9. The van der Waals surface area contributed by atoms with E-state index < -0.39 is 11.7 Å². The maximum atomic E-state index is 15.1. The zero-order valence-corrected chi connectivity index (χ0v) is 21.3. The minimum absolute atomic E-state index is 0.0000889. The molecule has 1 atom stereocenters. The molecule has 1 saturated heterocycles. The van der Waals surface area contributed by atoms with Crippen LogP contribution < -0.4 is 16.2 Å². The van der Waals surface area contributed by atoms with Gasteiger partial charge in [0, 0.05) is 41.8 Å². The third-order valence-electron chi connectivity index (χ3n) is 5.52. The van der Waals surface area contributed by atoms with E-state index in [9.17, 15) is 4.79 Å². The van der Waals surface area contributed by atoms with E-state index in [-0.39, 0.29) is 22.8 Å². The second-order valence-electron chi connectivity index (χ2n) is 7.63. The summed E-state index contributed by atoms with van der Waals surface area (Å²) in [5.41, 5.74) is 13.8. The molecule has 3 aromatic rings. The number of methoxy groups -OCH3 is 1. The number of hydrogen-bond acceptors (Lipinski definition) is 4. The van der Waals surface area contributed by atoms with Gasteiger partial charge >= 0.3 is 0 Å². The molecule has 1 aliphatic rings. The Kier molecular flexibility index (Phi) is 11.7. The van der Waals surface area contributed by atoms with Crippen molar-refractivity contribution in [3.05, 3.63) is 88.2 Å².